The van der Waals surface area contributed by atoms with Gasteiger partial charge in [-0.15, -0.1) is 0 Å². The number of halogens is 3. The molecular formula is C16H22F3N3O2. The van der Waals surface area contributed by atoms with Crippen molar-refractivity contribution in [2.24, 2.45) is 0 Å². The van der Waals surface area contributed by atoms with Gasteiger partial charge in [0, 0.05) is 24.4 Å². The van der Waals surface area contributed by atoms with Crippen LogP contribution in [0.4, 0.5) is 13.2 Å². The first kappa shape index (κ1) is 17.3. The Morgan fingerprint density at radius 1 is 1.25 bits per heavy atom. The topological polar surface area (TPSA) is 56.2 Å². The average molecular weight is 345 g/mol. The predicted octanol–water partition coefficient (Wildman–Crippen LogP) is 2.47. The van der Waals surface area contributed by atoms with Crippen LogP contribution in [0.2, 0.25) is 0 Å². The Balaban J connectivity index is 1.72. The number of carbonyl (C=O) groups is 1. The van der Waals surface area contributed by atoms with Crippen molar-refractivity contribution in [3.63, 3.8) is 0 Å². The average Bonchev–Trinajstić information content (AvgIpc) is 3.07. The Bertz CT molecular complexity index is 592. The molecule has 1 amide bonds. The molecule has 0 bridgehead atoms. The van der Waals surface area contributed by atoms with Crippen molar-refractivity contribution >= 4 is 5.91 Å². The third-order valence-electron chi connectivity index (χ3n) is 4.62. The minimum Gasteiger partial charge on any atom is -0.376 e. The zero-order valence-corrected chi connectivity index (χ0v) is 13.5. The van der Waals surface area contributed by atoms with Gasteiger partial charge >= 0.3 is 6.18 Å². The molecule has 0 radical (unpaired) electrons. The number of aromatic nitrogens is 2. The van der Waals surface area contributed by atoms with Crippen molar-refractivity contribution in [1.82, 2.24) is 15.1 Å². The molecule has 1 aromatic heterocycles. The summed E-state index contributed by atoms with van der Waals surface area (Å²) in [5.74, 6) is -0.325. The molecule has 0 spiro atoms. The van der Waals surface area contributed by atoms with E-state index in [2.05, 4.69) is 10.4 Å². The van der Waals surface area contributed by atoms with Gasteiger partial charge in [-0.05, 0) is 38.5 Å². The van der Waals surface area contributed by atoms with Crippen molar-refractivity contribution in [2.45, 2.75) is 63.8 Å². The SMILES string of the molecule is O=C(Cn1nc(C(F)(F)F)c2c1CCCCC2)NCC1CCCO1. The van der Waals surface area contributed by atoms with Crippen molar-refractivity contribution in [1.29, 1.82) is 0 Å². The first-order valence-electron chi connectivity index (χ1n) is 8.49. The van der Waals surface area contributed by atoms with Crippen LogP contribution in [0, 0.1) is 0 Å². The highest BCUT2D eigenvalue weighted by molar-refractivity contribution is 5.75. The van der Waals surface area contributed by atoms with Crippen LogP contribution >= 0.6 is 0 Å². The van der Waals surface area contributed by atoms with Gasteiger partial charge in [-0.3, -0.25) is 9.48 Å². The van der Waals surface area contributed by atoms with Crippen LogP contribution < -0.4 is 5.32 Å². The van der Waals surface area contributed by atoms with Gasteiger partial charge < -0.3 is 10.1 Å². The lowest BCUT2D eigenvalue weighted by atomic mass is 10.1. The number of amides is 1. The minimum atomic E-state index is -4.48. The fourth-order valence-electron chi connectivity index (χ4n) is 3.43. The smallest absolute Gasteiger partial charge is 0.376 e. The number of hydrogen-bond acceptors (Lipinski definition) is 3. The molecule has 1 N–H and O–H groups in total. The molecule has 5 nitrogen and oxygen atoms in total. The Kier molecular flexibility index (Phi) is 5.12. The monoisotopic (exact) mass is 345 g/mol. The number of alkyl halides is 3. The maximum atomic E-state index is 13.2. The molecule has 1 saturated heterocycles. The summed E-state index contributed by atoms with van der Waals surface area (Å²) in [5, 5.41) is 6.46. The Morgan fingerprint density at radius 2 is 2.04 bits per heavy atom. The van der Waals surface area contributed by atoms with Gasteiger partial charge in [0.25, 0.3) is 0 Å². The highest BCUT2D eigenvalue weighted by Crippen LogP contribution is 2.35. The first-order chi connectivity index (χ1) is 11.4. The van der Waals surface area contributed by atoms with Crippen LogP contribution in [0.15, 0.2) is 0 Å². The molecule has 2 aliphatic rings. The van der Waals surface area contributed by atoms with E-state index in [1.165, 1.54) is 4.68 Å². The molecule has 1 fully saturated rings. The number of nitrogens with zero attached hydrogens (tertiary/aromatic N) is 2. The molecule has 134 valence electrons. The molecule has 2 heterocycles. The molecule has 24 heavy (non-hydrogen) atoms. The number of nitrogens with one attached hydrogen (secondary N) is 1. The second kappa shape index (κ2) is 7.13. The van der Waals surface area contributed by atoms with Gasteiger partial charge in [0.05, 0.1) is 6.10 Å². The molecule has 0 aromatic carbocycles. The largest absolute Gasteiger partial charge is 0.435 e. The fourth-order valence-corrected chi connectivity index (χ4v) is 3.43. The lowest BCUT2D eigenvalue weighted by Gasteiger charge is -2.12. The zero-order chi connectivity index (χ0) is 17.2. The van der Waals surface area contributed by atoms with E-state index in [0.29, 0.717) is 31.7 Å². The molecule has 8 heteroatoms. The van der Waals surface area contributed by atoms with E-state index in [1.54, 1.807) is 0 Å². The maximum Gasteiger partial charge on any atom is 0.435 e. The number of fused-ring (bicyclic) bond motifs is 1. The van der Waals surface area contributed by atoms with Gasteiger partial charge in [-0.1, -0.05) is 6.42 Å². The highest BCUT2D eigenvalue weighted by atomic mass is 19.4. The second-order valence-corrected chi connectivity index (χ2v) is 6.43. The van der Waals surface area contributed by atoms with E-state index in [-0.39, 0.29) is 24.1 Å². The molecule has 0 saturated carbocycles. The third kappa shape index (κ3) is 3.91. The second-order valence-electron chi connectivity index (χ2n) is 6.43. The Morgan fingerprint density at radius 3 is 2.75 bits per heavy atom. The van der Waals surface area contributed by atoms with Gasteiger partial charge in [0.2, 0.25) is 5.91 Å². The van der Waals surface area contributed by atoms with Crippen molar-refractivity contribution in [2.75, 3.05) is 13.2 Å². The molecule has 1 atom stereocenters. The van der Waals surface area contributed by atoms with Crippen LogP contribution in [0.25, 0.3) is 0 Å². The lowest BCUT2D eigenvalue weighted by Crippen LogP contribution is -2.34. The Hall–Kier alpha value is -1.57. The zero-order valence-electron chi connectivity index (χ0n) is 13.5. The molecule has 1 unspecified atom stereocenters. The molecule has 1 aliphatic heterocycles. The fraction of sp³-hybridized carbons (Fsp3) is 0.750. The Labute approximate surface area is 138 Å². The summed E-state index contributed by atoms with van der Waals surface area (Å²) in [7, 11) is 0. The maximum absolute atomic E-state index is 13.2. The van der Waals surface area contributed by atoms with Crippen molar-refractivity contribution in [3.05, 3.63) is 17.0 Å². The lowest BCUT2D eigenvalue weighted by molar-refractivity contribution is -0.142. The van der Waals surface area contributed by atoms with Gasteiger partial charge in [0.1, 0.15) is 6.54 Å². The van der Waals surface area contributed by atoms with Crippen LogP contribution in [0.3, 0.4) is 0 Å². The van der Waals surface area contributed by atoms with Gasteiger partial charge in [0.15, 0.2) is 5.69 Å². The molecule has 1 aromatic rings. The summed E-state index contributed by atoms with van der Waals surface area (Å²) in [6.07, 6.45) is 0.775. The summed E-state index contributed by atoms with van der Waals surface area (Å²) in [5.41, 5.74) is 0.00495. The highest BCUT2D eigenvalue weighted by Gasteiger charge is 2.39. The van der Waals surface area contributed by atoms with Crippen molar-refractivity contribution in [3.8, 4) is 0 Å². The predicted molar refractivity (Wildman–Crippen MR) is 80.5 cm³/mol. The van der Waals surface area contributed by atoms with Crippen LogP contribution in [0.1, 0.15) is 49.1 Å². The van der Waals surface area contributed by atoms with Crippen molar-refractivity contribution < 1.29 is 22.7 Å². The number of hydrogen-bond donors (Lipinski definition) is 1. The number of ether oxygens (including phenoxy) is 1. The van der Waals surface area contributed by atoms with E-state index < -0.39 is 11.9 Å². The van der Waals surface area contributed by atoms with E-state index in [0.717, 1.165) is 32.1 Å². The summed E-state index contributed by atoms with van der Waals surface area (Å²) in [6.45, 7) is 0.918. The summed E-state index contributed by atoms with van der Waals surface area (Å²) >= 11 is 0. The van der Waals surface area contributed by atoms with Crippen LogP contribution in [-0.4, -0.2) is 34.9 Å². The summed E-state index contributed by atoms with van der Waals surface area (Å²) < 4.78 is 46.3. The number of rotatable bonds is 4. The summed E-state index contributed by atoms with van der Waals surface area (Å²) in [4.78, 5) is 12.1. The first-order valence-corrected chi connectivity index (χ1v) is 8.49. The van der Waals surface area contributed by atoms with Crippen LogP contribution in [-0.2, 0) is 35.1 Å². The van der Waals surface area contributed by atoms with Gasteiger partial charge in [-0.2, -0.15) is 18.3 Å². The van der Waals surface area contributed by atoms with Crippen LogP contribution in [0.5, 0.6) is 0 Å². The normalized spacial score (nSPS) is 21.4. The number of carbonyl (C=O) groups excluding carboxylic acids is 1. The van der Waals surface area contributed by atoms with E-state index in [9.17, 15) is 18.0 Å². The quantitative estimate of drug-likeness (QED) is 0.853. The van der Waals surface area contributed by atoms with E-state index >= 15 is 0 Å². The molecule has 3 rings (SSSR count). The van der Waals surface area contributed by atoms with E-state index in [1.807, 2.05) is 0 Å². The van der Waals surface area contributed by atoms with Gasteiger partial charge in [-0.25, -0.2) is 0 Å². The minimum absolute atomic E-state index is 0.00872. The van der Waals surface area contributed by atoms with E-state index in [4.69, 9.17) is 4.74 Å². The third-order valence-corrected chi connectivity index (χ3v) is 4.62. The molecular weight excluding hydrogens is 323 g/mol. The summed E-state index contributed by atoms with van der Waals surface area (Å²) in [6, 6.07) is 0. The standard InChI is InChI=1S/C16H22F3N3O2/c17-16(18,19)15-12-6-2-1-3-7-13(12)22(21-15)10-14(23)20-9-11-5-4-8-24-11/h11H,1-10H2,(H,20,23). The molecule has 1 aliphatic carbocycles.